The van der Waals surface area contributed by atoms with Crippen LogP contribution in [0.4, 0.5) is 17.3 Å². The summed E-state index contributed by atoms with van der Waals surface area (Å²) in [4.78, 5) is 4.24. The Bertz CT molecular complexity index is 383. The Morgan fingerprint density at radius 1 is 1.41 bits per heavy atom. The highest BCUT2D eigenvalue weighted by atomic mass is 32.2. The van der Waals surface area contributed by atoms with E-state index >= 15 is 0 Å². The summed E-state index contributed by atoms with van der Waals surface area (Å²) in [6.45, 7) is 2.22. The normalized spacial score (nSPS) is 23.8. The zero-order chi connectivity index (χ0) is 12.3. The molecule has 0 saturated heterocycles. The largest absolute Gasteiger partial charge is 0.396 e. The number of hydrogen-bond donors (Lipinski definition) is 3. The third-order valence-electron chi connectivity index (χ3n) is 3.10. The van der Waals surface area contributed by atoms with Crippen LogP contribution in [0.5, 0.6) is 0 Å². The lowest BCUT2D eigenvalue weighted by molar-refractivity contribution is 0.752. The highest BCUT2D eigenvalue weighted by molar-refractivity contribution is 7.99. The van der Waals surface area contributed by atoms with Gasteiger partial charge in [-0.1, -0.05) is 6.92 Å². The molecule has 2 unspecified atom stereocenters. The Morgan fingerprint density at radius 2 is 2.24 bits per heavy atom. The number of nitrogens with two attached hydrogens (primary N) is 2. The number of nitrogens with zero attached hydrogens (tertiary/aromatic N) is 1. The number of thioether (sulfide) groups is 1. The molecule has 94 valence electrons. The molecule has 5 heteroatoms. The Hall–Kier alpha value is -1.10. The summed E-state index contributed by atoms with van der Waals surface area (Å²) in [6, 6.07) is 4.22. The van der Waals surface area contributed by atoms with Crippen LogP contribution < -0.4 is 16.8 Å². The molecule has 0 radical (unpaired) electrons. The number of nitrogens with one attached hydrogen (secondary N) is 1. The molecule has 1 saturated carbocycles. The summed E-state index contributed by atoms with van der Waals surface area (Å²) in [6.07, 6.45) is 3.72. The molecule has 5 N–H and O–H groups in total. The van der Waals surface area contributed by atoms with E-state index in [1.165, 1.54) is 25.0 Å². The summed E-state index contributed by atoms with van der Waals surface area (Å²) >= 11 is 2.05. The number of nitrogen functional groups attached to an aromatic ring is 2. The van der Waals surface area contributed by atoms with Crippen LogP contribution >= 0.6 is 11.8 Å². The van der Waals surface area contributed by atoms with Crippen molar-refractivity contribution in [2.24, 2.45) is 0 Å². The molecule has 0 aliphatic heterocycles. The molecule has 1 aromatic heterocycles. The number of pyridine rings is 1. The van der Waals surface area contributed by atoms with Crippen molar-refractivity contribution in [3.8, 4) is 0 Å². The van der Waals surface area contributed by atoms with E-state index in [1.54, 1.807) is 6.07 Å². The van der Waals surface area contributed by atoms with Gasteiger partial charge < -0.3 is 16.8 Å². The number of hydrogen-bond acceptors (Lipinski definition) is 5. The molecular formula is C12H20N4S. The van der Waals surface area contributed by atoms with Crippen LogP contribution in [0.1, 0.15) is 26.2 Å². The molecule has 1 heterocycles. The summed E-state index contributed by atoms with van der Waals surface area (Å²) in [5, 5.41) is 4.23. The third kappa shape index (κ3) is 3.19. The van der Waals surface area contributed by atoms with Crippen molar-refractivity contribution in [2.75, 3.05) is 22.5 Å². The van der Waals surface area contributed by atoms with Gasteiger partial charge in [0.15, 0.2) is 0 Å². The van der Waals surface area contributed by atoms with Gasteiger partial charge in [0.1, 0.15) is 11.6 Å². The van der Waals surface area contributed by atoms with Gasteiger partial charge in [-0.05, 0) is 37.1 Å². The van der Waals surface area contributed by atoms with Crippen molar-refractivity contribution in [1.82, 2.24) is 4.98 Å². The lowest BCUT2D eigenvalue weighted by atomic mass is 10.2. The molecule has 0 bridgehead atoms. The quantitative estimate of drug-likeness (QED) is 0.766. The summed E-state index contributed by atoms with van der Waals surface area (Å²) in [5.74, 6) is 2.45. The van der Waals surface area contributed by atoms with E-state index in [4.69, 9.17) is 11.5 Å². The van der Waals surface area contributed by atoms with Gasteiger partial charge in [0.25, 0.3) is 0 Å². The molecule has 1 aliphatic carbocycles. The van der Waals surface area contributed by atoms with Gasteiger partial charge in [-0.2, -0.15) is 11.8 Å². The maximum atomic E-state index is 5.69. The van der Waals surface area contributed by atoms with Crippen LogP contribution in [-0.2, 0) is 0 Å². The van der Waals surface area contributed by atoms with Gasteiger partial charge in [-0.15, -0.1) is 0 Å². The zero-order valence-electron chi connectivity index (χ0n) is 10.1. The second-order valence-electron chi connectivity index (χ2n) is 4.40. The minimum Gasteiger partial charge on any atom is -0.396 e. The molecule has 4 nitrogen and oxygen atoms in total. The average Bonchev–Trinajstić information content (AvgIpc) is 2.72. The van der Waals surface area contributed by atoms with Crippen molar-refractivity contribution in [3.05, 3.63) is 12.1 Å². The Balaban J connectivity index is 1.91. The second-order valence-corrected chi connectivity index (χ2v) is 5.98. The first kappa shape index (κ1) is 12.4. The monoisotopic (exact) mass is 252 g/mol. The molecule has 0 spiro atoms. The van der Waals surface area contributed by atoms with Crippen LogP contribution in [-0.4, -0.2) is 22.0 Å². The van der Waals surface area contributed by atoms with Gasteiger partial charge in [-0.3, -0.25) is 0 Å². The first-order valence-electron chi connectivity index (χ1n) is 6.09. The average molecular weight is 252 g/mol. The van der Waals surface area contributed by atoms with Gasteiger partial charge in [0.05, 0.1) is 5.69 Å². The van der Waals surface area contributed by atoms with E-state index in [0.29, 0.717) is 17.5 Å². The minimum absolute atomic E-state index is 0.410. The molecule has 1 fully saturated rings. The lowest BCUT2D eigenvalue weighted by Gasteiger charge is -2.14. The van der Waals surface area contributed by atoms with E-state index in [0.717, 1.165) is 11.1 Å². The van der Waals surface area contributed by atoms with Gasteiger partial charge in [-0.25, -0.2) is 4.98 Å². The molecule has 0 aromatic carbocycles. The van der Waals surface area contributed by atoms with E-state index in [9.17, 15) is 0 Å². The summed E-state index contributed by atoms with van der Waals surface area (Å²) in [7, 11) is 0. The summed E-state index contributed by atoms with van der Waals surface area (Å²) in [5.41, 5.74) is 11.9. The van der Waals surface area contributed by atoms with Crippen LogP contribution in [0.25, 0.3) is 0 Å². The predicted octanol–water partition coefficient (Wildman–Crippen LogP) is 2.33. The number of rotatable bonds is 4. The predicted molar refractivity (Wildman–Crippen MR) is 76.2 cm³/mol. The topological polar surface area (TPSA) is 77.0 Å². The fourth-order valence-corrected chi connectivity index (χ4v) is 3.38. The molecule has 2 atom stereocenters. The molecule has 0 amide bonds. The van der Waals surface area contributed by atoms with E-state index < -0.39 is 0 Å². The smallest absolute Gasteiger partial charge is 0.149 e. The van der Waals surface area contributed by atoms with Crippen LogP contribution in [0.15, 0.2) is 12.1 Å². The van der Waals surface area contributed by atoms with Crippen LogP contribution in [0, 0.1) is 0 Å². The Morgan fingerprint density at radius 3 is 2.94 bits per heavy atom. The van der Waals surface area contributed by atoms with Crippen molar-refractivity contribution in [3.63, 3.8) is 0 Å². The van der Waals surface area contributed by atoms with E-state index in [1.807, 2.05) is 6.07 Å². The maximum Gasteiger partial charge on any atom is 0.149 e. The molecular weight excluding hydrogens is 232 g/mol. The van der Waals surface area contributed by atoms with E-state index in [-0.39, 0.29) is 0 Å². The highest BCUT2D eigenvalue weighted by Gasteiger charge is 2.24. The minimum atomic E-state index is 0.410. The van der Waals surface area contributed by atoms with Gasteiger partial charge >= 0.3 is 0 Å². The zero-order valence-corrected chi connectivity index (χ0v) is 11.0. The number of aromatic nitrogens is 1. The fourth-order valence-electron chi connectivity index (χ4n) is 2.23. The number of anilines is 3. The Kier molecular flexibility index (Phi) is 3.99. The molecule has 1 aliphatic rings. The second kappa shape index (κ2) is 5.49. The SMILES string of the molecule is CCSC1CCC(Nc2ccc(N)c(N)n2)C1. The molecule has 17 heavy (non-hydrogen) atoms. The molecule has 1 aromatic rings. The van der Waals surface area contributed by atoms with Crippen LogP contribution in [0.2, 0.25) is 0 Å². The van der Waals surface area contributed by atoms with Gasteiger partial charge in [0.2, 0.25) is 0 Å². The third-order valence-corrected chi connectivity index (χ3v) is 4.33. The Labute approximate surface area is 107 Å². The van der Waals surface area contributed by atoms with Crippen molar-refractivity contribution < 1.29 is 0 Å². The van der Waals surface area contributed by atoms with Crippen molar-refractivity contribution >= 4 is 29.1 Å². The van der Waals surface area contributed by atoms with E-state index in [2.05, 4.69) is 29.0 Å². The van der Waals surface area contributed by atoms with Gasteiger partial charge in [0, 0.05) is 11.3 Å². The van der Waals surface area contributed by atoms with Crippen molar-refractivity contribution in [2.45, 2.75) is 37.5 Å². The summed E-state index contributed by atoms with van der Waals surface area (Å²) < 4.78 is 0. The highest BCUT2D eigenvalue weighted by Crippen LogP contribution is 2.31. The van der Waals surface area contributed by atoms with Crippen LogP contribution in [0.3, 0.4) is 0 Å². The van der Waals surface area contributed by atoms with Crippen molar-refractivity contribution in [1.29, 1.82) is 0 Å². The standard InChI is InChI=1S/C12H20N4S/c1-2-17-9-4-3-8(7-9)15-11-6-5-10(13)12(14)16-11/h5-6,8-9H,2-4,7,13H2,1H3,(H3,14,15,16). The maximum absolute atomic E-state index is 5.69. The molecule has 2 rings (SSSR count). The first-order chi connectivity index (χ1) is 8.19. The fraction of sp³-hybridized carbons (Fsp3) is 0.583. The first-order valence-corrected chi connectivity index (χ1v) is 7.14. The lowest BCUT2D eigenvalue weighted by Crippen LogP contribution is -2.17.